The minimum absolute atomic E-state index is 0.475. The van der Waals surface area contributed by atoms with E-state index < -0.39 is 0 Å². The molecular weight excluding hydrogens is 641 g/mol. The molecule has 0 aliphatic carbocycles. The third-order valence-electron chi connectivity index (χ3n) is 9.80. The summed E-state index contributed by atoms with van der Waals surface area (Å²) in [5, 5.41) is 2.40. The standard InChI is InChI=1S/C51H42N2/c1-38(2)40-25-27-41(28-26-40)51(42-29-32-49(33-30-42)52(45-15-7-3-8-16-45)46-17-9-4-10-18-46)36-39-23-24-44-37-50(34-31-43(44)35-39)53(47-19-11-5-12-20-47)48-21-13-6-14-22-48/h3-38H,1-2H3/b51-36+. The molecule has 2 nitrogen and oxygen atoms in total. The number of rotatable bonds is 10. The molecule has 0 radical (unpaired) electrons. The Labute approximate surface area is 313 Å². The second kappa shape index (κ2) is 15.3. The molecule has 0 aromatic heterocycles. The van der Waals surface area contributed by atoms with Crippen molar-refractivity contribution in [3.63, 3.8) is 0 Å². The molecule has 0 bridgehead atoms. The Morgan fingerprint density at radius 3 is 1.23 bits per heavy atom. The van der Waals surface area contributed by atoms with Gasteiger partial charge in [0.25, 0.3) is 0 Å². The second-order valence-electron chi connectivity index (χ2n) is 13.7. The molecule has 0 unspecified atom stereocenters. The summed E-state index contributed by atoms with van der Waals surface area (Å²) >= 11 is 0. The van der Waals surface area contributed by atoms with Crippen LogP contribution in [-0.2, 0) is 0 Å². The van der Waals surface area contributed by atoms with Crippen LogP contribution < -0.4 is 9.80 Å². The molecule has 0 saturated carbocycles. The fraction of sp³-hybridized carbons (Fsp3) is 0.0588. The molecule has 0 saturated heterocycles. The zero-order valence-electron chi connectivity index (χ0n) is 30.2. The Morgan fingerprint density at radius 2 is 0.755 bits per heavy atom. The van der Waals surface area contributed by atoms with Crippen molar-refractivity contribution in [2.45, 2.75) is 19.8 Å². The number of fused-ring (bicyclic) bond motifs is 1. The van der Waals surface area contributed by atoms with Crippen LogP contribution in [0.5, 0.6) is 0 Å². The molecule has 8 aromatic rings. The van der Waals surface area contributed by atoms with Crippen molar-refractivity contribution in [2.24, 2.45) is 0 Å². The van der Waals surface area contributed by atoms with Gasteiger partial charge in [0.2, 0.25) is 0 Å². The van der Waals surface area contributed by atoms with Crippen LogP contribution in [0.4, 0.5) is 34.1 Å². The Balaban J connectivity index is 1.18. The molecule has 0 heterocycles. The summed E-state index contributed by atoms with van der Waals surface area (Å²) in [6, 6.07) is 73.9. The lowest BCUT2D eigenvalue weighted by molar-refractivity contribution is 0.866. The summed E-state index contributed by atoms with van der Waals surface area (Å²) in [5.74, 6) is 0.475. The van der Waals surface area contributed by atoms with Crippen molar-refractivity contribution in [3.8, 4) is 0 Å². The summed E-state index contributed by atoms with van der Waals surface area (Å²) in [4.78, 5) is 4.62. The number of nitrogens with zero attached hydrogens (tertiary/aromatic N) is 2. The van der Waals surface area contributed by atoms with Gasteiger partial charge in [-0.25, -0.2) is 0 Å². The first-order valence-corrected chi connectivity index (χ1v) is 18.4. The maximum absolute atomic E-state index is 2.33. The van der Waals surface area contributed by atoms with Gasteiger partial charge in [-0.05, 0) is 129 Å². The molecule has 0 atom stereocenters. The predicted octanol–water partition coefficient (Wildman–Crippen LogP) is 14.5. The normalized spacial score (nSPS) is 11.5. The summed E-state index contributed by atoms with van der Waals surface area (Å²) in [6.45, 7) is 4.49. The SMILES string of the molecule is CC(C)c1ccc(/C(=C\c2ccc3cc(N(c4ccccc4)c4ccccc4)ccc3c2)c2ccc(N(c3ccccc3)c3ccccc3)cc2)cc1. The van der Waals surface area contributed by atoms with E-state index in [1.807, 2.05) is 0 Å². The average Bonchev–Trinajstić information content (AvgIpc) is 3.22. The Morgan fingerprint density at radius 1 is 0.377 bits per heavy atom. The Hall–Kier alpha value is -6.64. The highest BCUT2D eigenvalue weighted by atomic mass is 15.1. The lowest BCUT2D eigenvalue weighted by Gasteiger charge is -2.25. The number of anilines is 6. The van der Waals surface area contributed by atoms with E-state index in [1.54, 1.807) is 0 Å². The fourth-order valence-electron chi connectivity index (χ4n) is 7.02. The van der Waals surface area contributed by atoms with Gasteiger partial charge in [0.05, 0.1) is 0 Å². The third kappa shape index (κ3) is 7.40. The van der Waals surface area contributed by atoms with Gasteiger partial charge in [-0.2, -0.15) is 0 Å². The van der Waals surface area contributed by atoms with E-state index in [0.29, 0.717) is 5.92 Å². The van der Waals surface area contributed by atoms with Gasteiger partial charge in [0, 0.05) is 34.1 Å². The highest BCUT2D eigenvalue weighted by Crippen LogP contribution is 2.38. The van der Waals surface area contributed by atoms with Gasteiger partial charge in [0.15, 0.2) is 0 Å². The van der Waals surface area contributed by atoms with E-state index in [9.17, 15) is 0 Å². The van der Waals surface area contributed by atoms with Gasteiger partial charge >= 0.3 is 0 Å². The molecule has 8 aromatic carbocycles. The molecule has 0 amide bonds. The molecule has 0 fully saturated rings. The average molecular weight is 683 g/mol. The van der Waals surface area contributed by atoms with Crippen LogP contribution in [0.15, 0.2) is 206 Å². The molecule has 53 heavy (non-hydrogen) atoms. The van der Waals surface area contributed by atoms with E-state index in [4.69, 9.17) is 0 Å². The number of para-hydroxylation sites is 4. The smallest absolute Gasteiger partial charge is 0.0468 e. The zero-order chi connectivity index (χ0) is 36.0. The molecule has 0 aliphatic heterocycles. The lowest BCUT2D eigenvalue weighted by atomic mass is 9.92. The minimum Gasteiger partial charge on any atom is -0.311 e. The highest BCUT2D eigenvalue weighted by Gasteiger charge is 2.15. The van der Waals surface area contributed by atoms with E-state index >= 15 is 0 Å². The monoisotopic (exact) mass is 682 g/mol. The van der Waals surface area contributed by atoms with Gasteiger partial charge in [-0.3, -0.25) is 0 Å². The Kier molecular flexibility index (Phi) is 9.68. The van der Waals surface area contributed by atoms with E-state index in [1.165, 1.54) is 33.0 Å². The number of benzene rings is 8. The highest BCUT2D eigenvalue weighted by molar-refractivity contribution is 5.96. The molecule has 0 aliphatic rings. The van der Waals surface area contributed by atoms with Crippen molar-refractivity contribution < 1.29 is 0 Å². The van der Waals surface area contributed by atoms with E-state index in [0.717, 1.165) is 39.7 Å². The predicted molar refractivity (Wildman–Crippen MR) is 227 cm³/mol. The van der Waals surface area contributed by atoms with Gasteiger partial charge < -0.3 is 9.80 Å². The first kappa shape index (κ1) is 33.5. The van der Waals surface area contributed by atoms with Crippen molar-refractivity contribution in [1.82, 2.24) is 0 Å². The van der Waals surface area contributed by atoms with Crippen molar-refractivity contribution in [1.29, 1.82) is 0 Å². The summed E-state index contributed by atoms with van der Waals surface area (Å²) < 4.78 is 0. The van der Waals surface area contributed by atoms with Crippen molar-refractivity contribution in [2.75, 3.05) is 9.80 Å². The van der Waals surface area contributed by atoms with Gasteiger partial charge in [0.1, 0.15) is 0 Å². The first-order chi connectivity index (χ1) is 26.1. The molecule has 0 N–H and O–H groups in total. The van der Waals surface area contributed by atoms with E-state index in [2.05, 4.69) is 236 Å². The molecule has 2 heteroatoms. The van der Waals surface area contributed by atoms with Crippen molar-refractivity contribution >= 4 is 56.5 Å². The van der Waals surface area contributed by atoms with Crippen LogP contribution in [0.1, 0.15) is 42.0 Å². The van der Waals surface area contributed by atoms with Gasteiger partial charge in [-0.15, -0.1) is 0 Å². The van der Waals surface area contributed by atoms with Crippen LogP contribution in [0.3, 0.4) is 0 Å². The largest absolute Gasteiger partial charge is 0.311 e. The zero-order valence-corrected chi connectivity index (χ0v) is 30.2. The van der Waals surface area contributed by atoms with Crippen molar-refractivity contribution in [3.05, 3.63) is 229 Å². The molecule has 0 spiro atoms. The van der Waals surface area contributed by atoms with Crippen LogP contribution in [0.2, 0.25) is 0 Å². The topological polar surface area (TPSA) is 6.48 Å². The van der Waals surface area contributed by atoms with Gasteiger partial charge in [-0.1, -0.05) is 141 Å². The number of hydrogen-bond acceptors (Lipinski definition) is 2. The summed E-state index contributed by atoms with van der Waals surface area (Å²) in [5.41, 5.74) is 12.8. The maximum Gasteiger partial charge on any atom is 0.0468 e. The second-order valence-corrected chi connectivity index (χ2v) is 13.7. The number of hydrogen-bond donors (Lipinski definition) is 0. The maximum atomic E-state index is 2.33. The quantitative estimate of drug-likeness (QED) is 0.133. The molecule has 8 rings (SSSR count). The third-order valence-corrected chi connectivity index (χ3v) is 9.80. The van der Waals surface area contributed by atoms with Crippen LogP contribution >= 0.6 is 0 Å². The van der Waals surface area contributed by atoms with Crippen LogP contribution in [0, 0.1) is 0 Å². The van der Waals surface area contributed by atoms with Crippen LogP contribution in [-0.4, -0.2) is 0 Å². The molecular formula is C51H42N2. The van der Waals surface area contributed by atoms with E-state index in [-0.39, 0.29) is 0 Å². The van der Waals surface area contributed by atoms with Crippen LogP contribution in [0.25, 0.3) is 22.4 Å². The first-order valence-electron chi connectivity index (χ1n) is 18.4. The summed E-state index contributed by atoms with van der Waals surface area (Å²) in [6.07, 6.45) is 2.33. The lowest BCUT2D eigenvalue weighted by Crippen LogP contribution is -2.09. The molecule has 256 valence electrons. The Bertz CT molecular complexity index is 2360. The fourth-order valence-corrected chi connectivity index (χ4v) is 7.02. The summed E-state index contributed by atoms with van der Waals surface area (Å²) in [7, 11) is 0. The minimum atomic E-state index is 0.475.